The van der Waals surface area contributed by atoms with E-state index >= 15 is 0 Å². The third kappa shape index (κ3) is 7.89. The monoisotopic (exact) mass is 599 g/mol. The Hall–Kier alpha value is -3.37. The van der Waals surface area contributed by atoms with Crippen LogP contribution in [0.1, 0.15) is 49.6 Å². The number of ether oxygens (including phenoxy) is 1. The molecular weight excluding hydrogens is 565 g/mol. The lowest BCUT2D eigenvalue weighted by molar-refractivity contribution is 0.131. The Morgan fingerprint density at radius 2 is 1.93 bits per heavy atom. The lowest BCUT2D eigenvalue weighted by atomic mass is 10.1. The van der Waals surface area contributed by atoms with Crippen LogP contribution in [-0.2, 0) is 28.7 Å². The summed E-state index contributed by atoms with van der Waals surface area (Å²) in [4.78, 5) is 32.3. The molecule has 0 aliphatic heterocycles. The largest absolute Gasteiger partial charge is 0.524 e. The van der Waals surface area contributed by atoms with E-state index in [1.807, 2.05) is 16.7 Å². The number of phosphoric acid groups is 1. The molecule has 218 valence electrons. The number of fused-ring (bicyclic) bond motifs is 3. The van der Waals surface area contributed by atoms with Crippen molar-refractivity contribution in [3.8, 4) is 11.5 Å². The maximum absolute atomic E-state index is 11.7. The zero-order chi connectivity index (χ0) is 29.4. The van der Waals surface area contributed by atoms with Gasteiger partial charge in [-0.1, -0.05) is 31.5 Å². The van der Waals surface area contributed by atoms with Gasteiger partial charge in [-0.2, -0.15) is 0 Å². The molecule has 0 radical (unpaired) electrons. The number of aromatic hydroxyl groups is 1. The third-order valence-electron chi connectivity index (χ3n) is 6.59. The van der Waals surface area contributed by atoms with Gasteiger partial charge in [-0.05, 0) is 61.7 Å². The highest BCUT2D eigenvalue weighted by Crippen LogP contribution is 2.44. The summed E-state index contributed by atoms with van der Waals surface area (Å²) >= 11 is 4.57. The Kier molecular flexibility index (Phi) is 10.4. The number of phenolic OH excluding ortho intramolecular Hbond substituents is 1. The number of nitrogen functional groups attached to an aromatic ring is 1. The predicted molar refractivity (Wildman–Crippen MR) is 162 cm³/mol. The van der Waals surface area contributed by atoms with Gasteiger partial charge in [0.25, 0.3) is 0 Å². The fourth-order valence-electron chi connectivity index (χ4n) is 4.72. The summed E-state index contributed by atoms with van der Waals surface area (Å²) in [6.45, 7) is 4.08. The maximum Gasteiger partial charge on any atom is 0.524 e. The standard InChI is InChI=1S/C28H34N5O6PS/c1-2-3-10-24-32-25-26(33(24)17-20-8-4-9-23(34)27(20)39-40(35,36)37)21-16-19(11-12-22(21)31-28(25)29)7-5-14-38-15-6-13-30-18-41/h4,8-9,11-12,16,34H,2-3,5-7,10,13-15,17H2,1H3,(H2,29,31)(H2,35,36,37). The molecular formula is C28H34N5O6PS. The minimum Gasteiger partial charge on any atom is -0.504 e. The molecule has 11 nitrogen and oxygen atoms in total. The number of isothiocyanates is 1. The molecule has 0 saturated heterocycles. The molecule has 0 aliphatic carbocycles. The number of para-hydroxylation sites is 1. The number of nitrogens with zero attached hydrogens (tertiary/aromatic N) is 4. The summed E-state index contributed by atoms with van der Waals surface area (Å²) in [6, 6.07) is 10.6. The second kappa shape index (κ2) is 14.0. The number of hydrogen-bond donors (Lipinski definition) is 4. The molecule has 41 heavy (non-hydrogen) atoms. The first kappa shape index (κ1) is 30.6. The molecule has 0 saturated carbocycles. The Labute approximate surface area is 243 Å². The summed E-state index contributed by atoms with van der Waals surface area (Å²) in [7, 11) is -4.92. The van der Waals surface area contributed by atoms with Crippen LogP contribution in [-0.4, -0.2) is 54.3 Å². The number of aryl methyl sites for hydroxylation is 2. The van der Waals surface area contributed by atoms with Crippen molar-refractivity contribution in [2.75, 3.05) is 25.5 Å². The number of hydrogen-bond acceptors (Lipinski definition) is 9. The van der Waals surface area contributed by atoms with Crippen molar-refractivity contribution in [2.45, 2.75) is 52.0 Å². The van der Waals surface area contributed by atoms with Gasteiger partial charge in [0.15, 0.2) is 17.3 Å². The minimum absolute atomic E-state index is 0.142. The third-order valence-corrected chi connectivity index (χ3v) is 7.14. The molecule has 0 bridgehead atoms. The number of aliphatic imine (C=N–C) groups is 1. The molecule has 5 N–H and O–H groups in total. The van der Waals surface area contributed by atoms with Crippen LogP contribution in [0.4, 0.5) is 5.82 Å². The van der Waals surface area contributed by atoms with E-state index in [9.17, 15) is 19.5 Å². The maximum atomic E-state index is 11.7. The molecule has 0 fully saturated rings. The Morgan fingerprint density at radius 3 is 2.68 bits per heavy atom. The fourth-order valence-corrected chi connectivity index (χ4v) is 5.26. The van der Waals surface area contributed by atoms with Crippen LogP contribution < -0.4 is 10.3 Å². The number of nitrogens with two attached hydrogens (primary N) is 1. The number of rotatable bonds is 15. The highest BCUT2D eigenvalue weighted by molar-refractivity contribution is 7.78. The summed E-state index contributed by atoms with van der Waals surface area (Å²) in [5, 5.41) is 13.6. The highest BCUT2D eigenvalue weighted by Gasteiger charge is 2.24. The van der Waals surface area contributed by atoms with E-state index in [1.165, 1.54) is 6.07 Å². The van der Waals surface area contributed by atoms with Crippen molar-refractivity contribution in [3.05, 3.63) is 53.3 Å². The lowest BCUT2D eigenvalue weighted by Gasteiger charge is -2.16. The summed E-state index contributed by atoms with van der Waals surface area (Å²) in [5.41, 5.74) is 9.89. The van der Waals surface area contributed by atoms with Crippen LogP contribution in [0.2, 0.25) is 0 Å². The second-order valence-corrected chi connectivity index (χ2v) is 11.0. The summed E-state index contributed by atoms with van der Waals surface area (Å²) in [6.07, 6.45) is 4.91. The number of pyridine rings is 1. The van der Waals surface area contributed by atoms with Gasteiger partial charge in [0.1, 0.15) is 11.3 Å². The average molecular weight is 600 g/mol. The predicted octanol–water partition coefficient (Wildman–Crippen LogP) is 5.18. The van der Waals surface area contributed by atoms with Gasteiger partial charge < -0.3 is 24.7 Å². The molecule has 0 spiro atoms. The first-order valence-electron chi connectivity index (χ1n) is 13.5. The number of thiocarbonyl (C=S) groups is 1. The molecule has 0 amide bonds. The normalized spacial score (nSPS) is 11.7. The zero-order valence-corrected chi connectivity index (χ0v) is 24.5. The molecule has 2 aromatic carbocycles. The first-order valence-corrected chi connectivity index (χ1v) is 15.4. The van der Waals surface area contributed by atoms with E-state index in [0.29, 0.717) is 48.6 Å². The fraction of sp³-hybridized carbons (Fsp3) is 0.393. The molecule has 0 aliphatic rings. The second-order valence-electron chi connectivity index (χ2n) is 9.65. The van der Waals surface area contributed by atoms with Crippen molar-refractivity contribution >= 4 is 53.0 Å². The van der Waals surface area contributed by atoms with E-state index in [2.05, 4.69) is 40.3 Å². The van der Waals surface area contributed by atoms with Crippen LogP contribution in [0.15, 0.2) is 41.4 Å². The van der Waals surface area contributed by atoms with Crippen molar-refractivity contribution in [1.29, 1.82) is 0 Å². The van der Waals surface area contributed by atoms with Gasteiger partial charge in [-0.25, -0.2) is 19.5 Å². The highest BCUT2D eigenvalue weighted by atomic mass is 32.1. The van der Waals surface area contributed by atoms with Crippen molar-refractivity contribution in [3.63, 3.8) is 0 Å². The molecule has 0 unspecified atom stereocenters. The van der Waals surface area contributed by atoms with E-state index in [0.717, 1.165) is 54.4 Å². The van der Waals surface area contributed by atoms with E-state index in [-0.39, 0.29) is 18.0 Å². The quantitative estimate of drug-likeness (QED) is 0.0619. The molecule has 13 heteroatoms. The molecule has 4 rings (SSSR count). The number of benzene rings is 2. The number of aromatic nitrogens is 3. The van der Waals surface area contributed by atoms with Gasteiger partial charge in [-0.3, -0.25) is 9.79 Å². The van der Waals surface area contributed by atoms with E-state index in [4.69, 9.17) is 20.0 Å². The number of phenols is 1. The van der Waals surface area contributed by atoms with Crippen LogP contribution >= 0.6 is 20.0 Å². The SMILES string of the molecule is CCCCc1nc2c(N)nc3ccc(CCCOCCCN=C=S)cc3c2n1Cc1cccc(O)c1OP(=O)(O)O. The van der Waals surface area contributed by atoms with Crippen molar-refractivity contribution < 1.29 is 28.7 Å². The summed E-state index contributed by atoms with van der Waals surface area (Å²) < 4.78 is 24.2. The Balaban J connectivity index is 1.72. The minimum atomic E-state index is -4.92. The lowest BCUT2D eigenvalue weighted by Crippen LogP contribution is -2.08. The van der Waals surface area contributed by atoms with Gasteiger partial charge in [0.2, 0.25) is 0 Å². The summed E-state index contributed by atoms with van der Waals surface area (Å²) in [5.74, 6) is 0.411. The first-order chi connectivity index (χ1) is 19.7. The van der Waals surface area contributed by atoms with Gasteiger partial charge >= 0.3 is 7.82 Å². The van der Waals surface area contributed by atoms with Crippen LogP contribution in [0.3, 0.4) is 0 Å². The van der Waals surface area contributed by atoms with Crippen LogP contribution in [0.25, 0.3) is 21.9 Å². The number of imidazole rings is 1. The van der Waals surface area contributed by atoms with E-state index in [1.54, 1.807) is 12.1 Å². The van der Waals surface area contributed by atoms with Gasteiger partial charge in [0.05, 0.1) is 29.3 Å². The van der Waals surface area contributed by atoms with Crippen molar-refractivity contribution in [2.24, 2.45) is 4.99 Å². The van der Waals surface area contributed by atoms with E-state index < -0.39 is 7.82 Å². The Morgan fingerprint density at radius 1 is 1.12 bits per heavy atom. The molecule has 2 aromatic heterocycles. The van der Waals surface area contributed by atoms with Gasteiger partial charge in [-0.15, -0.1) is 0 Å². The van der Waals surface area contributed by atoms with Crippen molar-refractivity contribution in [1.82, 2.24) is 14.5 Å². The molecule has 2 heterocycles. The van der Waals surface area contributed by atoms with Crippen LogP contribution in [0, 0.1) is 0 Å². The Bertz CT molecular complexity index is 1620. The molecule has 0 atom stereocenters. The smallest absolute Gasteiger partial charge is 0.504 e. The van der Waals surface area contributed by atoms with Gasteiger partial charge in [0, 0.05) is 30.6 Å². The number of anilines is 1. The van der Waals surface area contributed by atoms with Crippen LogP contribution in [0.5, 0.6) is 11.5 Å². The number of phosphoric ester groups is 1. The topological polar surface area (TPSA) is 165 Å². The molecule has 4 aromatic rings. The zero-order valence-electron chi connectivity index (χ0n) is 22.8. The number of unbranched alkanes of at least 4 members (excludes halogenated alkanes) is 1. The average Bonchev–Trinajstić information content (AvgIpc) is 3.29.